The fraction of sp³-hybridized carbons (Fsp3) is 0.353. The average Bonchev–Trinajstić information content (AvgIpc) is 3.43. The number of rotatable bonds is 15. The van der Waals surface area contributed by atoms with Gasteiger partial charge in [0.25, 0.3) is 15.9 Å². The van der Waals surface area contributed by atoms with Crippen molar-refractivity contribution in [3.05, 3.63) is 96.2 Å². The van der Waals surface area contributed by atoms with E-state index >= 15 is 0 Å². The lowest BCUT2D eigenvalue weighted by atomic mass is 9.98. The van der Waals surface area contributed by atoms with E-state index in [1.807, 2.05) is 25.3 Å². The van der Waals surface area contributed by atoms with Crippen molar-refractivity contribution >= 4 is 38.5 Å². The Morgan fingerprint density at radius 2 is 1.71 bits per heavy atom. The van der Waals surface area contributed by atoms with Crippen LogP contribution in [0.3, 0.4) is 0 Å². The molecule has 0 aliphatic carbocycles. The molecule has 1 aromatic heterocycles. The Hall–Kier alpha value is -4.19. The number of nitrogens with one attached hydrogen (secondary N) is 3. The molecule has 5 N–H and O–H groups in total. The molecule has 240 valence electrons. The maximum absolute atomic E-state index is 12.8. The molecule has 0 unspecified atom stereocenters. The SMILES string of the molecule is CC[C@H](C)[C@H](NC(=O)c1ccc2c(ccn2CCC(C)(C)NC[C@@H](O)c2cccc(NS(=O)(=O)c3ccccc3)c2)c1)C(=O)O. The summed E-state index contributed by atoms with van der Waals surface area (Å²) in [4.78, 5) is 24.6. The summed E-state index contributed by atoms with van der Waals surface area (Å²) >= 11 is 0. The van der Waals surface area contributed by atoms with Crippen LogP contribution < -0.4 is 15.4 Å². The van der Waals surface area contributed by atoms with E-state index in [4.69, 9.17) is 0 Å². The van der Waals surface area contributed by atoms with Gasteiger partial charge in [-0.1, -0.05) is 50.6 Å². The number of β-amino-alcohol motifs (C(OH)–C–C–N with tert-alkyl or cyclic N) is 1. The zero-order valence-electron chi connectivity index (χ0n) is 26.0. The van der Waals surface area contributed by atoms with Crippen LogP contribution in [0.25, 0.3) is 10.9 Å². The van der Waals surface area contributed by atoms with Gasteiger partial charge in [0.1, 0.15) is 6.04 Å². The third-order valence-electron chi connectivity index (χ3n) is 8.13. The first-order chi connectivity index (χ1) is 21.3. The van der Waals surface area contributed by atoms with Gasteiger partial charge >= 0.3 is 5.97 Å². The van der Waals surface area contributed by atoms with Crippen molar-refractivity contribution in [3.63, 3.8) is 0 Å². The van der Waals surface area contributed by atoms with E-state index in [2.05, 4.69) is 33.8 Å². The third kappa shape index (κ3) is 8.72. The van der Waals surface area contributed by atoms with E-state index in [0.717, 1.165) is 17.3 Å². The molecule has 4 rings (SSSR count). The summed E-state index contributed by atoms with van der Waals surface area (Å²) < 4.78 is 30.1. The summed E-state index contributed by atoms with van der Waals surface area (Å²) in [7, 11) is -3.75. The number of hydrogen-bond donors (Lipinski definition) is 5. The predicted molar refractivity (Wildman–Crippen MR) is 176 cm³/mol. The van der Waals surface area contributed by atoms with Crippen LogP contribution in [-0.2, 0) is 21.4 Å². The Morgan fingerprint density at radius 1 is 0.978 bits per heavy atom. The van der Waals surface area contributed by atoms with Gasteiger partial charge in [-0.2, -0.15) is 0 Å². The number of aliphatic hydroxyl groups is 1. The number of sulfonamides is 1. The summed E-state index contributed by atoms with van der Waals surface area (Å²) in [6.07, 6.45) is 2.47. The molecule has 0 fully saturated rings. The molecule has 0 spiro atoms. The van der Waals surface area contributed by atoms with Crippen molar-refractivity contribution in [1.29, 1.82) is 0 Å². The van der Waals surface area contributed by atoms with Gasteiger partial charge in [-0.3, -0.25) is 9.52 Å². The molecule has 0 radical (unpaired) electrons. The molecular weight excluding hydrogens is 592 g/mol. The summed E-state index contributed by atoms with van der Waals surface area (Å²) in [6, 6.07) is 21.2. The molecule has 1 heterocycles. The standard InChI is InChI=1S/C34H42N4O6S/c1-5-23(2)31(33(41)42)36-32(40)26-14-15-29-24(20-26)16-18-38(29)19-17-34(3,4)35-22-30(39)25-10-9-11-27(21-25)37-45(43,44)28-12-7-6-8-13-28/h6-16,18,20-21,23,30-31,35,37,39H,5,17,19,22H2,1-4H3,(H,36,40)(H,41,42)/t23-,30+,31-/m0/s1. The van der Waals surface area contributed by atoms with Gasteiger partial charge in [0.15, 0.2) is 0 Å². The topological polar surface area (TPSA) is 150 Å². The predicted octanol–water partition coefficient (Wildman–Crippen LogP) is 5.16. The number of carboxylic acids is 1. The van der Waals surface area contributed by atoms with Crippen molar-refractivity contribution in [3.8, 4) is 0 Å². The number of carbonyl (C=O) groups is 2. The lowest BCUT2D eigenvalue weighted by molar-refractivity contribution is -0.140. The second kappa shape index (κ2) is 14.3. The van der Waals surface area contributed by atoms with Crippen molar-refractivity contribution in [2.75, 3.05) is 11.3 Å². The highest BCUT2D eigenvalue weighted by Crippen LogP contribution is 2.23. The molecule has 1 amide bonds. The van der Waals surface area contributed by atoms with Crippen LogP contribution in [0.1, 0.15) is 62.6 Å². The minimum absolute atomic E-state index is 0.159. The Morgan fingerprint density at radius 3 is 2.40 bits per heavy atom. The monoisotopic (exact) mass is 634 g/mol. The number of hydrogen-bond acceptors (Lipinski definition) is 6. The lowest BCUT2D eigenvalue weighted by Gasteiger charge is -2.28. The molecule has 0 bridgehead atoms. The van der Waals surface area contributed by atoms with Crippen molar-refractivity contribution in [2.45, 2.75) is 69.7 Å². The van der Waals surface area contributed by atoms with E-state index in [1.165, 1.54) is 12.1 Å². The number of nitrogens with zero attached hydrogens (tertiary/aromatic N) is 1. The number of aliphatic carboxylic acids is 1. The van der Waals surface area contributed by atoms with Gasteiger partial charge in [-0.15, -0.1) is 0 Å². The van der Waals surface area contributed by atoms with Gasteiger partial charge in [0.05, 0.1) is 11.0 Å². The molecule has 11 heteroatoms. The van der Waals surface area contributed by atoms with Crippen molar-refractivity contribution < 1.29 is 28.2 Å². The van der Waals surface area contributed by atoms with E-state index in [-0.39, 0.29) is 22.9 Å². The molecule has 4 aromatic rings. The molecule has 3 aromatic carbocycles. The molecule has 0 saturated carbocycles. The maximum Gasteiger partial charge on any atom is 0.326 e. The fourth-order valence-electron chi connectivity index (χ4n) is 5.05. The van der Waals surface area contributed by atoms with Crippen LogP contribution in [0, 0.1) is 5.92 Å². The second-order valence-electron chi connectivity index (χ2n) is 12.0. The number of carboxylic acid groups (broad SMARTS) is 1. The van der Waals surface area contributed by atoms with Crippen LogP contribution in [0.15, 0.2) is 90.0 Å². The number of fused-ring (bicyclic) bond motifs is 1. The highest BCUT2D eigenvalue weighted by molar-refractivity contribution is 7.92. The zero-order chi connectivity index (χ0) is 32.8. The molecule has 3 atom stereocenters. The smallest absolute Gasteiger partial charge is 0.326 e. The number of benzene rings is 3. The van der Waals surface area contributed by atoms with E-state index in [9.17, 15) is 28.2 Å². The summed E-state index contributed by atoms with van der Waals surface area (Å²) in [5, 5.41) is 27.4. The minimum Gasteiger partial charge on any atom is -0.480 e. The molecule has 10 nitrogen and oxygen atoms in total. The second-order valence-corrected chi connectivity index (χ2v) is 13.7. The van der Waals surface area contributed by atoms with Gasteiger partial charge in [0.2, 0.25) is 0 Å². The van der Waals surface area contributed by atoms with Gasteiger partial charge in [0, 0.05) is 47.0 Å². The lowest BCUT2D eigenvalue weighted by Crippen LogP contribution is -2.45. The number of anilines is 1. The third-order valence-corrected chi connectivity index (χ3v) is 9.52. The number of aryl methyl sites for hydroxylation is 1. The number of aliphatic hydroxyl groups excluding tert-OH is 1. The molecule has 0 aliphatic rings. The number of amides is 1. The van der Waals surface area contributed by atoms with E-state index in [1.54, 1.807) is 61.5 Å². The van der Waals surface area contributed by atoms with Crippen LogP contribution in [0.2, 0.25) is 0 Å². The van der Waals surface area contributed by atoms with Crippen LogP contribution in [0.4, 0.5) is 5.69 Å². The first-order valence-corrected chi connectivity index (χ1v) is 16.5. The van der Waals surface area contributed by atoms with Crippen LogP contribution >= 0.6 is 0 Å². The number of aromatic nitrogens is 1. The summed E-state index contributed by atoms with van der Waals surface area (Å²) in [5.74, 6) is -1.66. The first-order valence-electron chi connectivity index (χ1n) is 15.0. The van der Waals surface area contributed by atoms with Crippen LogP contribution in [0.5, 0.6) is 0 Å². The molecule has 45 heavy (non-hydrogen) atoms. The Bertz CT molecular complexity index is 1740. The normalized spacial score (nSPS) is 14.1. The maximum atomic E-state index is 12.8. The highest BCUT2D eigenvalue weighted by Gasteiger charge is 2.26. The Balaban J connectivity index is 1.34. The molecule has 0 aliphatic heterocycles. The van der Waals surface area contributed by atoms with Gasteiger partial charge < -0.3 is 25.4 Å². The number of carbonyl (C=O) groups excluding carboxylic acids is 1. The van der Waals surface area contributed by atoms with E-state index < -0.39 is 34.0 Å². The first kappa shape index (κ1) is 33.7. The summed E-state index contributed by atoms with van der Waals surface area (Å²) in [6.45, 7) is 8.74. The zero-order valence-corrected chi connectivity index (χ0v) is 26.8. The van der Waals surface area contributed by atoms with Gasteiger partial charge in [-0.05, 0) is 80.3 Å². The largest absolute Gasteiger partial charge is 0.480 e. The Labute approximate surface area is 264 Å². The van der Waals surface area contributed by atoms with Crippen molar-refractivity contribution in [2.24, 2.45) is 5.92 Å². The molecule has 0 saturated heterocycles. The minimum atomic E-state index is -3.75. The van der Waals surface area contributed by atoms with Crippen LogP contribution in [-0.4, -0.2) is 53.2 Å². The fourth-order valence-corrected chi connectivity index (χ4v) is 6.12. The Kier molecular flexibility index (Phi) is 10.7. The van der Waals surface area contributed by atoms with E-state index in [0.29, 0.717) is 29.8 Å². The highest BCUT2D eigenvalue weighted by atomic mass is 32.2. The average molecular weight is 635 g/mol. The molecular formula is C34H42N4O6S. The summed E-state index contributed by atoms with van der Waals surface area (Å²) in [5.41, 5.74) is 1.97. The van der Waals surface area contributed by atoms with Gasteiger partial charge in [-0.25, -0.2) is 13.2 Å². The van der Waals surface area contributed by atoms with Crippen molar-refractivity contribution in [1.82, 2.24) is 15.2 Å². The quantitative estimate of drug-likeness (QED) is 0.121.